The highest BCUT2D eigenvalue weighted by atomic mass is 16.1. The summed E-state index contributed by atoms with van der Waals surface area (Å²) in [5.74, 6) is 0.526. The molecule has 0 spiro atoms. The van der Waals surface area contributed by atoms with Crippen LogP contribution in [-0.4, -0.2) is 36.4 Å². The van der Waals surface area contributed by atoms with Crippen molar-refractivity contribution >= 4 is 11.6 Å². The van der Waals surface area contributed by atoms with Gasteiger partial charge in [0.2, 0.25) is 0 Å². The van der Waals surface area contributed by atoms with Gasteiger partial charge in [0, 0.05) is 49.5 Å². The minimum atomic E-state index is -0.132. The number of pyridine rings is 2. The van der Waals surface area contributed by atoms with Gasteiger partial charge in [-0.1, -0.05) is 6.07 Å². The molecule has 0 aromatic carbocycles. The summed E-state index contributed by atoms with van der Waals surface area (Å²) in [5.41, 5.74) is 2.41. The second-order valence-corrected chi connectivity index (χ2v) is 5.58. The van der Waals surface area contributed by atoms with Gasteiger partial charge in [-0.2, -0.15) is 0 Å². The third kappa shape index (κ3) is 3.25. The van der Waals surface area contributed by atoms with Crippen molar-refractivity contribution in [3.05, 3.63) is 78.9 Å². The molecule has 1 N–H and O–H groups in total. The highest BCUT2D eigenvalue weighted by Gasteiger charge is 2.08. The van der Waals surface area contributed by atoms with Gasteiger partial charge in [-0.25, -0.2) is 15.0 Å². The van der Waals surface area contributed by atoms with Crippen molar-refractivity contribution in [3.8, 4) is 5.82 Å². The van der Waals surface area contributed by atoms with E-state index in [1.54, 1.807) is 41.6 Å². The third-order valence-corrected chi connectivity index (χ3v) is 3.86. The number of aromatic nitrogens is 5. The molecule has 4 heterocycles. The second-order valence-electron chi connectivity index (χ2n) is 5.58. The minimum Gasteiger partial charge on any atom is -0.352 e. The molecule has 0 atom stereocenters. The average molecular weight is 332 g/mol. The highest BCUT2D eigenvalue weighted by molar-refractivity contribution is 5.94. The molecule has 7 nitrogen and oxygen atoms in total. The topological polar surface area (TPSA) is 77.1 Å². The van der Waals surface area contributed by atoms with Gasteiger partial charge in [-0.3, -0.25) is 9.36 Å². The van der Waals surface area contributed by atoms with E-state index < -0.39 is 0 Å². The van der Waals surface area contributed by atoms with Gasteiger partial charge in [0.1, 0.15) is 17.8 Å². The number of nitrogens with one attached hydrogen (secondary N) is 1. The Labute approximate surface area is 144 Å². The molecule has 1 amide bonds. The number of nitrogens with zero attached hydrogens (tertiary/aromatic N) is 5. The van der Waals surface area contributed by atoms with Crippen molar-refractivity contribution in [2.75, 3.05) is 6.54 Å². The number of rotatable bonds is 5. The molecule has 0 radical (unpaired) electrons. The molecule has 4 rings (SSSR count). The molecular formula is C18H16N6O. The average Bonchev–Trinajstić information content (AvgIpc) is 3.31. The Morgan fingerprint density at radius 3 is 2.96 bits per heavy atom. The Kier molecular flexibility index (Phi) is 3.96. The van der Waals surface area contributed by atoms with Gasteiger partial charge in [0.15, 0.2) is 0 Å². The predicted molar refractivity (Wildman–Crippen MR) is 92.6 cm³/mol. The number of carbonyl (C=O) groups is 1. The molecule has 4 aromatic heterocycles. The van der Waals surface area contributed by atoms with E-state index in [2.05, 4.69) is 20.3 Å². The van der Waals surface area contributed by atoms with Gasteiger partial charge in [0.25, 0.3) is 5.91 Å². The lowest BCUT2D eigenvalue weighted by Gasteiger charge is -2.06. The smallest absolute Gasteiger partial charge is 0.251 e. The van der Waals surface area contributed by atoms with Crippen LogP contribution in [0.2, 0.25) is 0 Å². The lowest BCUT2D eigenvalue weighted by atomic mass is 10.2. The number of fused-ring (bicyclic) bond motifs is 1. The van der Waals surface area contributed by atoms with Crippen LogP contribution in [-0.2, 0) is 6.42 Å². The van der Waals surface area contributed by atoms with Crippen LogP contribution < -0.4 is 5.32 Å². The molecule has 7 heteroatoms. The fourth-order valence-corrected chi connectivity index (χ4v) is 2.61. The van der Waals surface area contributed by atoms with E-state index in [0.29, 0.717) is 24.3 Å². The SMILES string of the molecule is O=C(NCCc1cn2ccccc2n1)c1ccnc(-n2ccnc2)c1. The molecule has 0 bridgehead atoms. The summed E-state index contributed by atoms with van der Waals surface area (Å²) in [7, 11) is 0. The number of amides is 1. The summed E-state index contributed by atoms with van der Waals surface area (Å²) in [6.45, 7) is 0.519. The second kappa shape index (κ2) is 6.56. The van der Waals surface area contributed by atoms with Crippen LogP contribution in [0.25, 0.3) is 11.5 Å². The zero-order valence-corrected chi connectivity index (χ0v) is 13.4. The van der Waals surface area contributed by atoms with E-state index in [-0.39, 0.29) is 5.91 Å². The zero-order valence-electron chi connectivity index (χ0n) is 13.4. The normalized spacial score (nSPS) is 10.9. The van der Waals surface area contributed by atoms with Crippen molar-refractivity contribution < 1.29 is 4.79 Å². The van der Waals surface area contributed by atoms with Crippen molar-refractivity contribution in [1.29, 1.82) is 0 Å². The summed E-state index contributed by atoms with van der Waals surface area (Å²) < 4.78 is 3.73. The molecule has 0 saturated carbocycles. The molecule has 0 aliphatic heterocycles. The molecule has 0 saturated heterocycles. The Morgan fingerprint density at radius 1 is 1.16 bits per heavy atom. The van der Waals surface area contributed by atoms with Crippen LogP contribution in [0.3, 0.4) is 0 Å². The number of carbonyl (C=O) groups excluding carboxylic acids is 1. The Balaban J connectivity index is 1.39. The van der Waals surface area contributed by atoms with Crippen molar-refractivity contribution in [2.45, 2.75) is 6.42 Å². The van der Waals surface area contributed by atoms with Gasteiger partial charge < -0.3 is 9.72 Å². The van der Waals surface area contributed by atoms with E-state index in [1.165, 1.54) is 0 Å². The maximum absolute atomic E-state index is 12.3. The fourth-order valence-electron chi connectivity index (χ4n) is 2.61. The molecule has 0 aliphatic carbocycles. The van der Waals surface area contributed by atoms with Gasteiger partial charge >= 0.3 is 0 Å². The minimum absolute atomic E-state index is 0.132. The Hall–Kier alpha value is -3.48. The summed E-state index contributed by atoms with van der Waals surface area (Å²) in [5, 5.41) is 2.92. The first kappa shape index (κ1) is 15.1. The van der Waals surface area contributed by atoms with Crippen LogP contribution >= 0.6 is 0 Å². The Morgan fingerprint density at radius 2 is 2.12 bits per heavy atom. The Bertz CT molecular complexity index is 972. The summed E-state index contributed by atoms with van der Waals surface area (Å²) in [6.07, 6.45) is 11.3. The monoisotopic (exact) mass is 332 g/mol. The predicted octanol–water partition coefficient (Wildman–Crippen LogP) is 1.89. The zero-order chi connectivity index (χ0) is 17.1. The molecule has 0 fully saturated rings. The lowest BCUT2D eigenvalue weighted by Crippen LogP contribution is -2.26. The largest absolute Gasteiger partial charge is 0.352 e. The van der Waals surface area contributed by atoms with Gasteiger partial charge in [-0.15, -0.1) is 0 Å². The van der Waals surface area contributed by atoms with Crippen molar-refractivity contribution in [2.24, 2.45) is 0 Å². The third-order valence-electron chi connectivity index (χ3n) is 3.86. The first-order chi connectivity index (χ1) is 12.3. The van der Waals surface area contributed by atoms with Crippen LogP contribution in [0.15, 0.2) is 67.6 Å². The van der Waals surface area contributed by atoms with Gasteiger partial charge in [0.05, 0.1) is 5.69 Å². The highest BCUT2D eigenvalue weighted by Crippen LogP contribution is 2.07. The number of imidazole rings is 2. The maximum atomic E-state index is 12.3. The molecule has 0 aliphatic rings. The van der Waals surface area contributed by atoms with Crippen LogP contribution in [0, 0.1) is 0 Å². The van der Waals surface area contributed by atoms with Crippen LogP contribution in [0.4, 0.5) is 0 Å². The molecule has 4 aromatic rings. The number of hydrogen-bond donors (Lipinski definition) is 1. The van der Waals surface area contributed by atoms with E-state index >= 15 is 0 Å². The molecular weight excluding hydrogens is 316 g/mol. The molecule has 25 heavy (non-hydrogen) atoms. The number of hydrogen-bond acceptors (Lipinski definition) is 4. The standard InChI is InChI=1S/C18H16N6O/c25-18(14-4-6-20-17(11-14)24-10-8-19-13-24)21-7-5-15-12-23-9-2-1-3-16(23)22-15/h1-4,6,8-13H,5,7H2,(H,21,25). The van der Waals surface area contributed by atoms with E-state index in [4.69, 9.17) is 0 Å². The van der Waals surface area contributed by atoms with E-state index in [1.807, 2.05) is 35.0 Å². The van der Waals surface area contributed by atoms with Gasteiger partial charge in [-0.05, 0) is 24.3 Å². The maximum Gasteiger partial charge on any atom is 0.251 e. The van der Waals surface area contributed by atoms with Crippen molar-refractivity contribution in [3.63, 3.8) is 0 Å². The van der Waals surface area contributed by atoms with Crippen LogP contribution in [0.1, 0.15) is 16.1 Å². The quantitative estimate of drug-likeness (QED) is 0.605. The summed E-state index contributed by atoms with van der Waals surface area (Å²) in [6, 6.07) is 9.30. The van der Waals surface area contributed by atoms with Crippen LogP contribution in [0.5, 0.6) is 0 Å². The van der Waals surface area contributed by atoms with E-state index in [0.717, 1.165) is 11.3 Å². The summed E-state index contributed by atoms with van der Waals surface area (Å²) >= 11 is 0. The lowest BCUT2D eigenvalue weighted by molar-refractivity contribution is 0.0954. The fraction of sp³-hybridized carbons (Fsp3) is 0.111. The molecule has 0 unspecified atom stereocenters. The van der Waals surface area contributed by atoms with Crippen molar-refractivity contribution in [1.82, 2.24) is 29.2 Å². The summed E-state index contributed by atoms with van der Waals surface area (Å²) in [4.78, 5) is 25.1. The van der Waals surface area contributed by atoms with E-state index in [9.17, 15) is 4.79 Å². The molecule has 124 valence electrons. The first-order valence-electron chi connectivity index (χ1n) is 7.95. The first-order valence-corrected chi connectivity index (χ1v) is 7.95.